The number of nitrogens with two attached hydrogens (primary N) is 1. The van der Waals surface area contributed by atoms with Gasteiger partial charge in [0.1, 0.15) is 0 Å². The van der Waals surface area contributed by atoms with Gasteiger partial charge in [0.05, 0.1) is 6.04 Å². The summed E-state index contributed by atoms with van der Waals surface area (Å²) >= 11 is 7.91. The van der Waals surface area contributed by atoms with Crippen molar-refractivity contribution in [3.63, 3.8) is 0 Å². The van der Waals surface area contributed by atoms with Crippen LogP contribution in [0.4, 0.5) is 0 Å². The molecule has 0 radical (unpaired) electrons. The number of thioether (sulfide) groups is 1. The Morgan fingerprint density at radius 1 is 1.32 bits per heavy atom. The predicted molar refractivity (Wildman–Crippen MR) is 97.1 cm³/mol. The fraction of sp³-hybridized carbons (Fsp3) is 0.562. The van der Waals surface area contributed by atoms with Crippen LogP contribution in [0, 0.1) is 0 Å². The first-order chi connectivity index (χ1) is 10.2. The number of nitrogens with one attached hydrogen (secondary N) is 1. The number of amides is 1. The van der Waals surface area contributed by atoms with E-state index in [1.165, 1.54) is 4.90 Å². The van der Waals surface area contributed by atoms with E-state index in [-0.39, 0.29) is 24.4 Å². The zero-order chi connectivity index (χ0) is 15.1. The lowest BCUT2D eigenvalue weighted by molar-refractivity contribution is -0.122. The highest BCUT2D eigenvalue weighted by molar-refractivity contribution is 7.99. The molecule has 0 spiro atoms. The van der Waals surface area contributed by atoms with Crippen LogP contribution < -0.4 is 11.1 Å². The highest BCUT2D eigenvalue weighted by Gasteiger charge is 2.22. The molecule has 3 N–H and O–H groups in total. The number of hydrogen-bond donors (Lipinski definition) is 2. The second kappa shape index (κ2) is 10.4. The van der Waals surface area contributed by atoms with Crippen molar-refractivity contribution in [3.8, 4) is 0 Å². The van der Waals surface area contributed by atoms with Crippen molar-refractivity contribution < 1.29 is 4.79 Å². The van der Waals surface area contributed by atoms with E-state index >= 15 is 0 Å². The van der Waals surface area contributed by atoms with Crippen LogP contribution in [-0.2, 0) is 4.79 Å². The maximum Gasteiger partial charge on any atom is 0.220 e. The van der Waals surface area contributed by atoms with Crippen LogP contribution in [0.5, 0.6) is 0 Å². The Morgan fingerprint density at radius 3 is 2.86 bits per heavy atom. The lowest BCUT2D eigenvalue weighted by Gasteiger charge is -2.26. The van der Waals surface area contributed by atoms with Gasteiger partial charge in [-0.15, -0.1) is 24.2 Å². The van der Waals surface area contributed by atoms with Crippen molar-refractivity contribution >= 4 is 41.7 Å². The third-order valence-corrected chi connectivity index (χ3v) is 5.06. The molecule has 0 fully saturated rings. The smallest absolute Gasteiger partial charge is 0.220 e. The van der Waals surface area contributed by atoms with Crippen molar-refractivity contribution in [2.45, 2.75) is 49.5 Å². The summed E-state index contributed by atoms with van der Waals surface area (Å²) in [6.45, 7) is 0.740. The number of unbranched alkanes of at least 4 members (excludes halogenated alkanes) is 3. The van der Waals surface area contributed by atoms with E-state index in [2.05, 4.69) is 5.32 Å². The number of rotatable bonds is 7. The van der Waals surface area contributed by atoms with E-state index < -0.39 is 0 Å². The van der Waals surface area contributed by atoms with Crippen LogP contribution in [0.25, 0.3) is 0 Å². The molecule has 1 heterocycles. The summed E-state index contributed by atoms with van der Waals surface area (Å²) in [5.41, 5.74) is 6.62. The zero-order valence-corrected chi connectivity index (χ0v) is 15.0. The van der Waals surface area contributed by atoms with Crippen molar-refractivity contribution in [2.75, 3.05) is 12.3 Å². The maximum atomic E-state index is 12.1. The molecular weight excluding hydrogens is 339 g/mol. The highest BCUT2D eigenvalue weighted by atomic mass is 35.5. The van der Waals surface area contributed by atoms with E-state index in [1.54, 1.807) is 0 Å². The van der Waals surface area contributed by atoms with Gasteiger partial charge < -0.3 is 11.1 Å². The normalized spacial score (nSPS) is 16.5. The average molecular weight is 363 g/mol. The molecule has 0 saturated carbocycles. The van der Waals surface area contributed by atoms with Crippen LogP contribution in [0.2, 0.25) is 5.02 Å². The van der Waals surface area contributed by atoms with E-state index in [1.807, 2.05) is 30.0 Å². The molecular formula is C16H24Cl2N2OS. The van der Waals surface area contributed by atoms with Crippen molar-refractivity contribution in [1.29, 1.82) is 0 Å². The maximum absolute atomic E-state index is 12.1. The molecule has 0 bridgehead atoms. The standard InChI is InChI=1S/C16H23ClN2OS.ClH/c17-12-6-7-15-13(11-12)14(8-10-21-15)19-16(20)5-3-1-2-4-9-18;/h6-7,11,14H,1-5,8-10,18H2,(H,19,20);1H. The minimum atomic E-state index is 0. The Hall–Kier alpha value is -0.420. The van der Waals surface area contributed by atoms with Gasteiger partial charge in [0, 0.05) is 22.1 Å². The first kappa shape index (κ1) is 19.6. The number of benzene rings is 1. The summed E-state index contributed by atoms with van der Waals surface area (Å²) in [5.74, 6) is 1.18. The fourth-order valence-corrected chi connectivity index (χ4v) is 3.85. The van der Waals surface area contributed by atoms with Gasteiger partial charge in [0.25, 0.3) is 0 Å². The van der Waals surface area contributed by atoms with Crippen molar-refractivity contribution in [3.05, 3.63) is 28.8 Å². The largest absolute Gasteiger partial charge is 0.349 e. The molecule has 1 aromatic carbocycles. The van der Waals surface area contributed by atoms with E-state index in [4.69, 9.17) is 17.3 Å². The lowest BCUT2D eigenvalue weighted by atomic mass is 10.0. The van der Waals surface area contributed by atoms with E-state index in [9.17, 15) is 4.79 Å². The molecule has 124 valence electrons. The topological polar surface area (TPSA) is 55.1 Å². The Kier molecular flexibility index (Phi) is 9.25. The van der Waals surface area contributed by atoms with E-state index in [0.717, 1.165) is 55.0 Å². The van der Waals surface area contributed by atoms with Crippen LogP contribution in [-0.4, -0.2) is 18.2 Å². The molecule has 1 aliphatic heterocycles. The molecule has 22 heavy (non-hydrogen) atoms. The van der Waals surface area contributed by atoms with Gasteiger partial charge in [-0.25, -0.2) is 0 Å². The molecule has 1 unspecified atom stereocenters. The summed E-state index contributed by atoms with van der Waals surface area (Å²) < 4.78 is 0. The Labute approximate surface area is 148 Å². The first-order valence-electron chi connectivity index (χ1n) is 7.62. The molecule has 0 saturated heterocycles. The predicted octanol–water partition coefficient (Wildman–Crippen LogP) is 4.32. The Morgan fingerprint density at radius 2 is 2.09 bits per heavy atom. The Bertz CT molecular complexity index is 485. The molecule has 1 aliphatic rings. The molecule has 1 atom stereocenters. The Balaban J connectivity index is 0.00000242. The molecule has 0 aromatic heterocycles. The van der Waals surface area contributed by atoms with Crippen LogP contribution in [0.1, 0.15) is 50.1 Å². The highest BCUT2D eigenvalue weighted by Crippen LogP contribution is 2.37. The molecule has 1 aromatic rings. The SMILES string of the molecule is Cl.NCCCCCCC(=O)NC1CCSc2ccc(Cl)cc21. The van der Waals surface area contributed by atoms with Crippen LogP contribution in [0.3, 0.4) is 0 Å². The molecule has 6 heteroatoms. The van der Waals surface area contributed by atoms with Crippen molar-refractivity contribution in [2.24, 2.45) is 5.73 Å². The second-order valence-corrected chi connectivity index (χ2v) is 6.97. The van der Waals surface area contributed by atoms with Gasteiger partial charge in [0.15, 0.2) is 0 Å². The third-order valence-electron chi connectivity index (χ3n) is 3.70. The van der Waals surface area contributed by atoms with Gasteiger partial charge in [-0.3, -0.25) is 4.79 Å². The third kappa shape index (κ3) is 5.99. The first-order valence-corrected chi connectivity index (χ1v) is 8.98. The number of fused-ring (bicyclic) bond motifs is 1. The van der Waals surface area contributed by atoms with Crippen molar-refractivity contribution in [1.82, 2.24) is 5.32 Å². The monoisotopic (exact) mass is 362 g/mol. The van der Waals surface area contributed by atoms with Crippen LogP contribution in [0.15, 0.2) is 23.1 Å². The number of carbonyl (C=O) groups excluding carboxylic acids is 1. The van der Waals surface area contributed by atoms with E-state index in [0.29, 0.717) is 6.42 Å². The summed E-state index contributed by atoms with van der Waals surface area (Å²) in [4.78, 5) is 13.3. The second-order valence-electron chi connectivity index (χ2n) is 5.39. The fourth-order valence-electron chi connectivity index (χ4n) is 2.57. The van der Waals surface area contributed by atoms with Crippen LogP contribution >= 0.6 is 35.8 Å². The van der Waals surface area contributed by atoms with Gasteiger partial charge in [-0.2, -0.15) is 0 Å². The lowest BCUT2D eigenvalue weighted by Crippen LogP contribution is -2.30. The minimum absolute atomic E-state index is 0. The average Bonchev–Trinajstić information content (AvgIpc) is 2.48. The summed E-state index contributed by atoms with van der Waals surface area (Å²) in [6.07, 6.45) is 5.75. The molecule has 0 aliphatic carbocycles. The van der Waals surface area contributed by atoms with Gasteiger partial charge in [-0.05, 0) is 49.6 Å². The molecule has 3 nitrogen and oxygen atoms in total. The summed E-state index contributed by atoms with van der Waals surface area (Å²) in [5, 5.41) is 3.89. The summed E-state index contributed by atoms with van der Waals surface area (Å²) in [7, 11) is 0. The number of hydrogen-bond acceptors (Lipinski definition) is 3. The quantitative estimate of drug-likeness (QED) is 0.709. The number of halogens is 2. The molecule has 1 amide bonds. The van der Waals surface area contributed by atoms with Gasteiger partial charge in [-0.1, -0.05) is 24.4 Å². The zero-order valence-electron chi connectivity index (χ0n) is 12.6. The summed E-state index contributed by atoms with van der Waals surface area (Å²) in [6, 6.07) is 6.05. The van der Waals surface area contributed by atoms with Gasteiger partial charge >= 0.3 is 0 Å². The van der Waals surface area contributed by atoms with Gasteiger partial charge in [0.2, 0.25) is 5.91 Å². The molecule has 2 rings (SSSR count). The number of carbonyl (C=O) groups is 1. The minimum Gasteiger partial charge on any atom is -0.349 e.